The quantitative estimate of drug-likeness (QED) is 0.681. The standard InChI is InChI=1S/C14H21N3O3/c1-14(2,3)20-13(18)17(4)9-10-6-11(8-16-7-10)12(15)19-5/h6-8,15H,9H2,1-5H3. The zero-order chi connectivity index (χ0) is 15.3. The number of ether oxygens (including phenoxy) is 2. The fourth-order valence-corrected chi connectivity index (χ4v) is 1.49. The summed E-state index contributed by atoms with van der Waals surface area (Å²) in [6, 6.07) is 1.76. The molecule has 0 aromatic carbocycles. The van der Waals surface area contributed by atoms with Crippen molar-refractivity contribution >= 4 is 12.0 Å². The van der Waals surface area contributed by atoms with Crippen LogP contribution in [0.2, 0.25) is 0 Å². The van der Waals surface area contributed by atoms with Crippen molar-refractivity contribution in [1.29, 1.82) is 5.41 Å². The van der Waals surface area contributed by atoms with E-state index in [4.69, 9.17) is 14.9 Å². The Kier molecular flexibility index (Phi) is 5.07. The van der Waals surface area contributed by atoms with Gasteiger partial charge in [0, 0.05) is 19.4 Å². The van der Waals surface area contributed by atoms with Gasteiger partial charge in [-0.05, 0) is 32.4 Å². The second kappa shape index (κ2) is 6.36. The molecule has 20 heavy (non-hydrogen) atoms. The lowest BCUT2D eigenvalue weighted by atomic mass is 10.2. The van der Waals surface area contributed by atoms with Crippen molar-refractivity contribution in [3.63, 3.8) is 0 Å². The van der Waals surface area contributed by atoms with E-state index in [1.54, 1.807) is 25.5 Å². The van der Waals surface area contributed by atoms with Gasteiger partial charge < -0.3 is 14.4 Å². The Morgan fingerprint density at radius 1 is 1.40 bits per heavy atom. The van der Waals surface area contributed by atoms with Crippen LogP contribution in [-0.4, -0.2) is 41.6 Å². The number of nitrogens with one attached hydrogen (secondary N) is 1. The first-order valence-corrected chi connectivity index (χ1v) is 6.24. The van der Waals surface area contributed by atoms with E-state index in [9.17, 15) is 4.79 Å². The molecule has 0 bridgehead atoms. The third kappa shape index (κ3) is 4.87. The van der Waals surface area contributed by atoms with Crippen molar-refractivity contribution in [2.45, 2.75) is 32.9 Å². The number of methoxy groups -OCH3 is 1. The highest BCUT2D eigenvalue weighted by molar-refractivity contribution is 5.91. The van der Waals surface area contributed by atoms with Gasteiger partial charge in [0.2, 0.25) is 5.90 Å². The van der Waals surface area contributed by atoms with Crippen molar-refractivity contribution < 1.29 is 14.3 Å². The number of carbonyl (C=O) groups excluding carboxylic acids is 1. The lowest BCUT2D eigenvalue weighted by Gasteiger charge is -2.24. The largest absolute Gasteiger partial charge is 0.481 e. The molecule has 0 fully saturated rings. The summed E-state index contributed by atoms with van der Waals surface area (Å²) in [5.74, 6) is 0.0410. The van der Waals surface area contributed by atoms with E-state index >= 15 is 0 Å². The first-order valence-electron chi connectivity index (χ1n) is 6.24. The number of amides is 1. The summed E-state index contributed by atoms with van der Waals surface area (Å²) >= 11 is 0. The molecule has 1 amide bonds. The zero-order valence-corrected chi connectivity index (χ0v) is 12.6. The van der Waals surface area contributed by atoms with Gasteiger partial charge in [-0.3, -0.25) is 10.4 Å². The van der Waals surface area contributed by atoms with Crippen LogP contribution in [0.15, 0.2) is 18.5 Å². The molecule has 1 aromatic heterocycles. The molecule has 0 radical (unpaired) electrons. The molecule has 1 rings (SSSR count). The van der Waals surface area contributed by atoms with E-state index in [-0.39, 0.29) is 5.90 Å². The van der Waals surface area contributed by atoms with Gasteiger partial charge in [0.15, 0.2) is 0 Å². The predicted octanol–water partition coefficient (Wildman–Crippen LogP) is 2.42. The SMILES string of the molecule is COC(=N)c1cncc(CN(C)C(=O)OC(C)(C)C)c1. The minimum Gasteiger partial charge on any atom is -0.481 e. The lowest BCUT2D eigenvalue weighted by Crippen LogP contribution is -2.33. The van der Waals surface area contributed by atoms with E-state index in [0.29, 0.717) is 12.1 Å². The Labute approximate surface area is 119 Å². The first-order chi connectivity index (χ1) is 9.23. The number of nitrogens with zero attached hydrogens (tertiary/aromatic N) is 2. The highest BCUT2D eigenvalue weighted by Gasteiger charge is 2.19. The van der Waals surface area contributed by atoms with E-state index in [2.05, 4.69) is 4.98 Å². The molecule has 0 atom stereocenters. The predicted molar refractivity (Wildman–Crippen MR) is 75.8 cm³/mol. The zero-order valence-electron chi connectivity index (χ0n) is 12.6. The van der Waals surface area contributed by atoms with Crippen LogP contribution >= 0.6 is 0 Å². The van der Waals surface area contributed by atoms with Crippen LogP contribution in [0.5, 0.6) is 0 Å². The average molecular weight is 279 g/mol. The van der Waals surface area contributed by atoms with Crippen molar-refractivity contribution in [2.24, 2.45) is 0 Å². The molecule has 0 aliphatic carbocycles. The highest BCUT2D eigenvalue weighted by Crippen LogP contribution is 2.12. The van der Waals surface area contributed by atoms with Crippen LogP contribution in [0, 0.1) is 5.41 Å². The summed E-state index contributed by atoms with van der Waals surface area (Å²) < 4.78 is 10.1. The van der Waals surface area contributed by atoms with Crippen LogP contribution in [0.1, 0.15) is 31.9 Å². The maximum absolute atomic E-state index is 11.9. The van der Waals surface area contributed by atoms with E-state index in [1.165, 1.54) is 12.0 Å². The molecular formula is C14H21N3O3. The summed E-state index contributed by atoms with van der Waals surface area (Å²) in [5.41, 5.74) is 0.851. The minimum atomic E-state index is -0.524. The molecule has 1 N–H and O–H groups in total. The van der Waals surface area contributed by atoms with Crippen LogP contribution in [0.4, 0.5) is 4.79 Å². The van der Waals surface area contributed by atoms with Gasteiger partial charge in [0.1, 0.15) is 5.60 Å². The molecule has 0 saturated heterocycles. The van der Waals surface area contributed by atoms with E-state index in [0.717, 1.165) is 5.56 Å². The van der Waals surface area contributed by atoms with E-state index in [1.807, 2.05) is 20.8 Å². The summed E-state index contributed by atoms with van der Waals surface area (Å²) in [5, 5.41) is 7.59. The number of aromatic nitrogens is 1. The van der Waals surface area contributed by atoms with Crippen LogP contribution in [0.3, 0.4) is 0 Å². The molecule has 0 saturated carbocycles. The van der Waals surface area contributed by atoms with Gasteiger partial charge in [-0.15, -0.1) is 0 Å². The topological polar surface area (TPSA) is 75.5 Å². The molecule has 0 aliphatic heterocycles. The van der Waals surface area contributed by atoms with Crippen molar-refractivity contribution in [3.05, 3.63) is 29.6 Å². The molecule has 6 nitrogen and oxygen atoms in total. The van der Waals surface area contributed by atoms with Crippen molar-refractivity contribution in [2.75, 3.05) is 14.2 Å². The molecule has 0 unspecified atom stereocenters. The molecule has 1 heterocycles. The van der Waals surface area contributed by atoms with Crippen LogP contribution in [-0.2, 0) is 16.0 Å². The molecule has 6 heteroatoms. The Morgan fingerprint density at radius 2 is 2.05 bits per heavy atom. The number of hydrogen-bond donors (Lipinski definition) is 1. The fraction of sp³-hybridized carbons (Fsp3) is 0.500. The van der Waals surface area contributed by atoms with Gasteiger partial charge in [0.05, 0.1) is 19.2 Å². The summed E-state index contributed by atoms with van der Waals surface area (Å²) in [6.45, 7) is 5.81. The summed E-state index contributed by atoms with van der Waals surface area (Å²) in [6.07, 6.45) is 2.79. The summed E-state index contributed by atoms with van der Waals surface area (Å²) in [7, 11) is 3.09. The summed E-state index contributed by atoms with van der Waals surface area (Å²) in [4.78, 5) is 17.4. The smallest absolute Gasteiger partial charge is 0.410 e. The third-order valence-electron chi connectivity index (χ3n) is 2.39. The first kappa shape index (κ1) is 15.9. The average Bonchev–Trinajstić information content (AvgIpc) is 2.36. The molecule has 1 aromatic rings. The Balaban J connectivity index is 2.73. The number of hydrogen-bond acceptors (Lipinski definition) is 5. The fourth-order valence-electron chi connectivity index (χ4n) is 1.49. The molecule has 0 aliphatic rings. The van der Waals surface area contributed by atoms with Gasteiger partial charge in [-0.1, -0.05) is 0 Å². The monoisotopic (exact) mass is 279 g/mol. The van der Waals surface area contributed by atoms with E-state index < -0.39 is 11.7 Å². The Hall–Kier alpha value is -2.11. The molecule has 110 valence electrons. The Morgan fingerprint density at radius 3 is 2.60 bits per heavy atom. The minimum absolute atomic E-state index is 0.0410. The van der Waals surface area contributed by atoms with Gasteiger partial charge in [-0.25, -0.2) is 4.79 Å². The Bertz CT molecular complexity index is 495. The maximum atomic E-state index is 11.9. The van der Waals surface area contributed by atoms with Crippen LogP contribution < -0.4 is 0 Å². The molecular weight excluding hydrogens is 258 g/mol. The van der Waals surface area contributed by atoms with Crippen molar-refractivity contribution in [1.82, 2.24) is 9.88 Å². The van der Waals surface area contributed by atoms with Crippen molar-refractivity contribution in [3.8, 4) is 0 Å². The van der Waals surface area contributed by atoms with Gasteiger partial charge in [0.25, 0.3) is 0 Å². The maximum Gasteiger partial charge on any atom is 0.410 e. The second-order valence-electron chi connectivity index (χ2n) is 5.45. The lowest BCUT2D eigenvalue weighted by molar-refractivity contribution is 0.0285. The van der Waals surface area contributed by atoms with Gasteiger partial charge in [-0.2, -0.15) is 0 Å². The highest BCUT2D eigenvalue weighted by atomic mass is 16.6. The number of pyridine rings is 1. The third-order valence-corrected chi connectivity index (χ3v) is 2.39. The number of rotatable bonds is 3. The van der Waals surface area contributed by atoms with Crippen LogP contribution in [0.25, 0.3) is 0 Å². The normalized spacial score (nSPS) is 10.8. The molecule has 0 spiro atoms. The second-order valence-corrected chi connectivity index (χ2v) is 5.45. The number of carbonyl (C=O) groups is 1. The van der Waals surface area contributed by atoms with Gasteiger partial charge >= 0.3 is 6.09 Å².